The van der Waals surface area contributed by atoms with Crippen LogP contribution in [-0.4, -0.2) is 58.2 Å². The van der Waals surface area contributed by atoms with Crippen molar-refractivity contribution in [2.45, 2.75) is 32.9 Å². The number of likely N-dealkylation sites (tertiary alicyclic amines) is 1. The maximum absolute atomic E-state index is 12.8. The number of aromatic carboxylic acids is 1. The Bertz CT molecular complexity index is 1270. The lowest BCUT2D eigenvalue weighted by molar-refractivity contribution is -0.146. The van der Waals surface area contributed by atoms with E-state index >= 15 is 0 Å². The van der Waals surface area contributed by atoms with Crippen molar-refractivity contribution in [2.75, 3.05) is 32.0 Å². The number of piperidine rings is 1. The van der Waals surface area contributed by atoms with Gasteiger partial charge in [-0.2, -0.15) is 13.2 Å². The van der Waals surface area contributed by atoms with E-state index in [4.69, 9.17) is 0 Å². The number of allylic oxidation sites excluding steroid dienone is 1. The number of nitrogens with zero attached hydrogens (tertiary/aromatic N) is 3. The third-order valence-electron chi connectivity index (χ3n) is 6.51. The number of anilines is 1. The van der Waals surface area contributed by atoms with Crippen molar-refractivity contribution in [1.29, 1.82) is 0 Å². The molecular formula is C25H27F3N4O2. The quantitative estimate of drug-likeness (QED) is 0.515. The minimum Gasteiger partial charge on any atom is -0.478 e. The Hall–Kier alpha value is -3.33. The number of hydrogen-bond donors (Lipinski definition) is 2. The molecule has 1 aliphatic rings. The summed E-state index contributed by atoms with van der Waals surface area (Å²) in [7, 11) is 1.78. The van der Waals surface area contributed by atoms with Gasteiger partial charge in [-0.15, -0.1) is 0 Å². The van der Waals surface area contributed by atoms with Crippen LogP contribution in [0, 0.1) is 6.92 Å². The lowest BCUT2D eigenvalue weighted by Crippen LogP contribution is -2.38. The highest BCUT2D eigenvalue weighted by Gasteiger charge is 2.32. The number of fused-ring (bicyclic) bond motifs is 1. The zero-order chi connectivity index (χ0) is 24.6. The summed E-state index contributed by atoms with van der Waals surface area (Å²) < 4.78 is 40.3. The van der Waals surface area contributed by atoms with Crippen LogP contribution in [-0.2, 0) is 0 Å². The van der Waals surface area contributed by atoms with Gasteiger partial charge >= 0.3 is 12.1 Å². The second-order valence-corrected chi connectivity index (χ2v) is 8.62. The summed E-state index contributed by atoms with van der Waals surface area (Å²) in [5.74, 6) is -0.316. The van der Waals surface area contributed by atoms with E-state index in [2.05, 4.69) is 10.3 Å². The number of carboxylic acid groups (broad SMARTS) is 1. The fraction of sp³-hybridized carbons (Fsp3) is 0.360. The van der Waals surface area contributed by atoms with Gasteiger partial charge in [-0.05, 0) is 67.7 Å². The number of halogens is 3. The predicted molar refractivity (Wildman–Crippen MR) is 126 cm³/mol. The van der Waals surface area contributed by atoms with Crippen molar-refractivity contribution in [3.8, 4) is 11.1 Å². The fourth-order valence-corrected chi connectivity index (χ4v) is 4.78. The van der Waals surface area contributed by atoms with Crippen molar-refractivity contribution in [1.82, 2.24) is 14.3 Å². The molecule has 0 aromatic carbocycles. The van der Waals surface area contributed by atoms with Gasteiger partial charge in [0.05, 0.1) is 23.3 Å². The number of alkyl halides is 3. The van der Waals surface area contributed by atoms with E-state index in [1.54, 1.807) is 26.2 Å². The van der Waals surface area contributed by atoms with Gasteiger partial charge in [-0.25, -0.2) is 9.78 Å². The number of nitrogens with one attached hydrogen (secondary N) is 1. The molecule has 34 heavy (non-hydrogen) atoms. The molecule has 1 saturated heterocycles. The van der Waals surface area contributed by atoms with Crippen LogP contribution in [0.15, 0.2) is 42.2 Å². The van der Waals surface area contributed by atoms with Gasteiger partial charge < -0.3 is 14.8 Å². The third kappa shape index (κ3) is 4.65. The molecule has 180 valence electrons. The van der Waals surface area contributed by atoms with E-state index in [1.807, 2.05) is 35.7 Å². The molecule has 9 heteroatoms. The molecule has 0 unspecified atom stereocenters. The molecule has 0 atom stereocenters. The fourth-order valence-electron chi connectivity index (χ4n) is 4.78. The van der Waals surface area contributed by atoms with Crippen molar-refractivity contribution in [3.63, 3.8) is 0 Å². The van der Waals surface area contributed by atoms with Crippen LogP contribution >= 0.6 is 0 Å². The minimum atomic E-state index is -4.21. The Morgan fingerprint density at radius 3 is 2.53 bits per heavy atom. The van der Waals surface area contributed by atoms with Crippen LogP contribution < -0.4 is 5.32 Å². The highest BCUT2D eigenvalue weighted by molar-refractivity contribution is 5.95. The van der Waals surface area contributed by atoms with Crippen LogP contribution in [0.2, 0.25) is 0 Å². The lowest BCUT2D eigenvalue weighted by Gasteiger charge is -2.30. The number of aromatic nitrogens is 2. The Morgan fingerprint density at radius 2 is 1.91 bits per heavy atom. The summed E-state index contributed by atoms with van der Waals surface area (Å²) in [6.07, 6.45) is 0.436. The van der Waals surface area contributed by atoms with Crippen LogP contribution in [0.1, 0.15) is 41.4 Å². The molecule has 6 nitrogen and oxygen atoms in total. The lowest BCUT2D eigenvalue weighted by atomic mass is 9.93. The molecule has 0 amide bonds. The summed E-state index contributed by atoms with van der Waals surface area (Å²) in [6, 6.07) is 7.40. The van der Waals surface area contributed by atoms with Crippen LogP contribution in [0.3, 0.4) is 0 Å². The van der Waals surface area contributed by atoms with E-state index in [1.165, 1.54) is 4.90 Å². The SMILES string of the molecule is CNc1cc(-c2ccn3c(C(C)=C4CCN(CC(F)(F)F)CC4)c(C)c(C(=O)O)cc23)ccn1. The maximum atomic E-state index is 12.8. The molecular weight excluding hydrogens is 445 g/mol. The summed E-state index contributed by atoms with van der Waals surface area (Å²) in [4.78, 5) is 17.8. The average Bonchev–Trinajstić information content (AvgIpc) is 3.21. The highest BCUT2D eigenvalue weighted by Crippen LogP contribution is 2.35. The maximum Gasteiger partial charge on any atom is 0.401 e. The van der Waals surface area contributed by atoms with Gasteiger partial charge in [0.1, 0.15) is 5.82 Å². The monoisotopic (exact) mass is 472 g/mol. The Balaban J connectivity index is 1.81. The third-order valence-corrected chi connectivity index (χ3v) is 6.51. The van der Waals surface area contributed by atoms with Gasteiger partial charge in [0, 0.05) is 38.1 Å². The molecule has 3 aromatic rings. The number of hydrogen-bond acceptors (Lipinski definition) is 4. The molecule has 4 heterocycles. The first-order chi connectivity index (χ1) is 16.1. The van der Waals surface area contributed by atoms with Gasteiger partial charge in [0.2, 0.25) is 0 Å². The minimum absolute atomic E-state index is 0.208. The Labute approximate surface area is 195 Å². The number of carbonyl (C=O) groups is 1. The number of rotatable bonds is 5. The normalized spacial score (nSPS) is 15.1. The zero-order valence-electron chi connectivity index (χ0n) is 19.3. The number of pyridine rings is 2. The number of carboxylic acids is 1. The van der Waals surface area contributed by atoms with E-state index in [0.29, 0.717) is 37.3 Å². The first-order valence-corrected chi connectivity index (χ1v) is 11.1. The summed E-state index contributed by atoms with van der Waals surface area (Å²) in [6.45, 7) is 3.47. The largest absolute Gasteiger partial charge is 0.478 e. The standard InChI is InChI=1S/C25H27F3N4O2/c1-15(17-5-9-31(10-6-17)14-25(26,27)28)23-16(2)20(24(33)34)13-21-19(7-11-32(21)23)18-4-8-30-22(12-18)29-3/h4,7-8,11-13H,5-6,9-10,14H2,1-3H3,(H,29,30)(H,33,34). The summed E-state index contributed by atoms with van der Waals surface area (Å²) in [5.41, 5.74) is 6.13. The van der Waals surface area contributed by atoms with Gasteiger partial charge in [-0.3, -0.25) is 4.90 Å². The molecule has 0 aliphatic carbocycles. The van der Waals surface area contributed by atoms with Crippen molar-refractivity contribution in [2.24, 2.45) is 0 Å². The van der Waals surface area contributed by atoms with Gasteiger partial charge in [-0.1, -0.05) is 5.57 Å². The Morgan fingerprint density at radius 1 is 1.21 bits per heavy atom. The molecule has 3 aromatic heterocycles. The van der Waals surface area contributed by atoms with Crippen molar-refractivity contribution < 1.29 is 23.1 Å². The van der Waals surface area contributed by atoms with E-state index in [9.17, 15) is 23.1 Å². The molecule has 4 rings (SSSR count). The Kier molecular flexibility index (Phi) is 6.40. The van der Waals surface area contributed by atoms with Crippen molar-refractivity contribution >= 4 is 22.9 Å². The van der Waals surface area contributed by atoms with E-state index in [-0.39, 0.29) is 5.56 Å². The predicted octanol–water partition coefficient (Wildman–Crippen LogP) is 5.48. The first kappa shape index (κ1) is 23.8. The van der Waals surface area contributed by atoms with Crippen LogP contribution in [0.4, 0.5) is 19.0 Å². The molecule has 0 bridgehead atoms. The average molecular weight is 473 g/mol. The molecule has 0 radical (unpaired) electrons. The van der Waals surface area contributed by atoms with Gasteiger partial charge in [0.15, 0.2) is 0 Å². The first-order valence-electron chi connectivity index (χ1n) is 11.1. The van der Waals surface area contributed by atoms with Crippen molar-refractivity contribution in [3.05, 3.63) is 59.1 Å². The van der Waals surface area contributed by atoms with E-state index in [0.717, 1.165) is 33.5 Å². The summed E-state index contributed by atoms with van der Waals surface area (Å²) in [5, 5.41) is 12.9. The molecule has 2 N–H and O–H groups in total. The molecule has 0 saturated carbocycles. The topological polar surface area (TPSA) is 69.9 Å². The molecule has 1 aliphatic heterocycles. The smallest absolute Gasteiger partial charge is 0.401 e. The highest BCUT2D eigenvalue weighted by atomic mass is 19.4. The van der Waals surface area contributed by atoms with Crippen LogP contribution in [0.25, 0.3) is 22.2 Å². The summed E-state index contributed by atoms with van der Waals surface area (Å²) >= 11 is 0. The molecule has 1 fully saturated rings. The second kappa shape index (κ2) is 9.13. The van der Waals surface area contributed by atoms with Gasteiger partial charge in [0.25, 0.3) is 0 Å². The zero-order valence-corrected chi connectivity index (χ0v) is 19.3. The van der Waals surface area contributed by atoms with E-state index < -0.39 is 18.7 Å². The second-order valence-electron chi connectivity index (χ2n) is 8.62. The molecule has 0 spiro atoms. The van der Waals surface area contributed by atoms with Crippen LogP contribution in [0.5, 0.6) is 0 Å².